The van der Waals surface area contributed by atoms with Gasteiger partial charge in [0.15, 0.2) is 6.10 Å². The Balaban J connectivity index is 3.87. The van der Waals surface area contributed by atoms with Gasteiger partial charge in [0, 0.05) is 12.8 Å². The van der Waals surface area contributed by atoms with E-state index in [0.717, 1.165) is 83.5 Å². The average Bonchev–Trinajstić information content (AvgIpc) is 3.61. The molecule has 2 atom stereocenters. The molecule has 0 spiro atoms. The van der Waals surface area contributed by atoms with E-state index >= 15 is 0 Å². The number of quaternary nitrogens is 1. The van der Waals surface area contributed by atoms with Crippen LogP contribution in [0.4, 0.5) is 0 Å². The molecule has 0 aliphatic heterocycles. The van der Waals surface area contributed by atoms with E-state index in [2.05, 4.69) is 74.6 Å². The van der Waals surface area contributed by atoms with Crippen molar-refractivity contribution in [1.29, 1.82) is 0 Å². The van der Waals surface area contributed by atoms with Crippen molar-refractivity contribution in [3.8, 4) is 0 Å². The highest BCUT2D eigenvalue weighted by Crippen LogP contribution is 2.43. The second-order valence-electron chi connectivity index (χ2n) is 25.6. The predicted octanol–water partition coefficient (Wildman–Crippen LogP) is 23.4. The molecule has 0 fully saturated rings. The summed E-state index contributed by atoms with van der Waals surface area (Å²) in [5.41, 5.74) is 0. The van der Waals surface area contributed by atoms with Crippen LogP contribution in [0, 0.1) is 0 Å². The molecule has 9 nitrogen and oxygen atoms in total. The van der Waals surface area contributed by atoms with Crippen molar-refractivity contribution in [2.75, 3.05) is 47.5 Å². The molecule has 84 heavy (non-hydrogen) atoms. The van der Waals surface area contributed by atoms with E-state index in [1.807, 2.05) is 21.1 Å². The highest BCUT2D eigenvalue weighted by Gasteiger charge is 2.27. The number of esters is 2. The van der Waals surface area contributed by atoms with Crippen molar-refractivity contribution in [1.82, 2.24) is 0 Å². The Bertz CT molecular complexity index is 1600. The molecule has 0 radical (unpaired) electrons. The van der Waals surface area contributed by atoms with Crippen LogP contribution in [0.15, 0.2) is 60.8 Å². The van der Waals surface area contributed by atoms with Gasteiger partial charge in [-0.3, -0.25) is 18.6 Å². The normalized spacial score (nSPS) is 13.5. The van der Waals surface area contributed by atoms with Gasteiger partial charge in [-0.15, -0.1) is 0 Å². The Hall–Kier alpha value is -2.29. The minimum atomic E-state index is -4.39. The molecule has 0 aliphatic carbocycles. The number of nitrogens with zero attached hydrogens (tertiary/aromatic N) is 1. The lowest BCUT2D eigenvalue weighted by Crippen LogP contribution is -2.37. The zero-order valence-electron chi connectivity index (χ0n) is 56.1. The van der Waals surface area contributed by atoms with Crippen LogP contribution >= 0.6 is 7.82 Å². The van der Waals surface area contributed by atoms with E-state index in [1.165, 1.54) is 231 Å². The third kappa shape index (κ3) is 68.8. The minimum absolute atomic E-state index is 0.0282. The Morgan fingerprint density at radius 3 is 1.02 bits per heavy atom. The van der Waals surface area contributed by atoms with Crippen LogP contribution in [0.3, 0.4) is 0 Å². The first-order chi connectivity index (χ1) is 41.0. The van der Waals surface area contributed by atoms with Gasteiger partial charge >= 0.3 is 19.8 Å². The molecule has 0 amide bonds. The maximum atomic E-state index is 12.8. The van der Waals surface area contributed by atoms with Gasteiger partial charge in [-0.1, -0.05) is 319 Å². The van der Waals surface area contributed by atoms with Gasteiger partial charge in [0.1, 0.15) is 19.8 Å². The zero-order chi connectivity index (χ0) is 61.2. The quantitative estimate of drug-likeness (QED) is 0.0211. The van der Waals surface area contributed by atoms with Crippen molar-refractivity contribution >= 4 is 19.8 Å². The number of unbranched alkanes of at least 4 members (excludes halogenated alkanes) is 43. The topological polar surface area (TPSA) is 108 Å². The summed E-state index contributed by atoms with van der Waals surface area (Å²) in [5, 5.41) is 0. The number of ether oxygens (including phenoxy) is 2. The average molecular weight is 1200 g/mol. The molecule has 0 aromatic heterocycles. The van der Waals surface area contributed by atoms with Crippen LogP contribution in [0.1, 0.15) is 348 Å². The number of allylic oxidation sites excluding steroid dienone is 10. The fourth-order valence-corrected chi connectivity index (χ4v) is 11.3. The van der Waals surface area contributed by atoms with Crippen molar-refractivity contribution in [2.45, 2.75) is 354 Å². The number of phosphoric ester groups is 1. The first-order valence-electron chi connectivity index (χ1n) is 36.0. The lowest BCUT2D eigenvalue weighted by atomic mass is 10.0. The van der Waals surface area contributed by atoms with Gasteiger partial charge in [-0.2, -0.15) is 0 Å². The Morgan fingerprint density at radius 1 is 0.381 bits per heavy atom. The Labute approximate surface area is 521 Å². The summed E-state index contributed by atoms with van der Waals surface area (Å²) in [6, 6.07) is 0. The van der Waals surface area contributed by atoms with Gasteiger partial charge in [0.05, 0.1) is 27.7 Å². The summed E-state index contributed by atoms with van der Waals surface area (Å²) in [5.74, 6) is -0.801. The first-order valence-corrected chi connectivity index (χ1v) is 37.5. The monoisotopic (exact) mass is 1200 g/mol. The first kappa shape index (κ1) is 81.7. The summed E-state index contributed by atoms with van der Waals surface area (Å²) >= 11 is 0. The number of carbonyl (C=O) groups is 2. The number of carbonyl (C=O) groups excluding carboxylic acids is 2. The van der Waals surface area contributed by atoms with Crippen molar-refractivity contribution in [3.05, 3.63) is 60.8 Å². The van der Waals surface area contributed by atoms with Gasteiger partial charge < -0.3 is 18.9 Å². The van der Waals surface area contributed by atoms with E-state index < -0.39 is 26.5 Å². The molecule has 0 rings (SSSR count). The predicted molar refractivity (Wildman–Crippen MR) is 363 cm³/mol. The summed E-state index contributed by atoms with van der Waals surface area (Å²) in [4.78, 5) is 35.8. The van der Waals surface area contributed by atoms with Gasteiger partial charge in [-0.25, -0.2) is 4.57 Å². The summed E-state index contributed by atoms with van der Waals surface area (Å²) in [6.07, 6.45) is 86.5. The molecule has 10 heteroatoms. The van der Waals surface area contributed by atoms with Crippen LogP contribution in [0.2, 0.25) is 0 Å². The maximum absolute atomic E-state index is 12.8. The molecule has 0 bridgehead atoms. The SMILES string of the molecule is CC/C=C\C/C=C\C/C=C\C/C=C\CCCCCCCCC(=O)OC(COC(=O)CCCCCCCCCCCCCCCCCCCCCCCCCCCCCCC/C=C\CCCCCCCCCC)COP(=O)(O)OCC[N+](C)(C)C. The Kier molecular flexibility index (Phi) is 63.4. The van der Waals surface area contributed by atoms with Gasteiger partial charge in [0.25, 0.3) is 0 Å². The smallest absolute Gasteiger partial charge is 0.462 e. The largest absolute Gasteiger partial charge is 0.472 e. The van der Waals surface area contributed by atoms with Crippen LogP contribution in [-0.4, -0.2) is 74.9 Å². The Morgan fingerprint density at radius 2 is 0.679 bits per heavy atom. The van der Waals surface area contributed by atoms with Gasteiger partial charge in [-0.05, 0) is 77.0 Å². The highest BCUT2D eigenvalue weighted by atomic mass is 31.2. The molecule has 0 saturated carbocycles. The molecule has 492 valence electrons. The molecule has 0 heterocycles. The van der Waals surface area contributed by atoms with E-state index in [4.69, 9.17) is 18.5 Å². The van der Waals surface area contributed by atoms with Crippen molar-refractivity contribution in [3.63, 3.8) is 0 Å². The van der Waals surface area contributed by atoms with Gasteiger partial charge in [0.2, 0.25) is 0 Å². The number of phosphoric acid groups is 1. The fraction of sp³-hybridized carbons (Fsp3) is 0.838. The molecule has 0 aromatic rings. The molecule has 0 saturated heterocycles. The third-order valence-electron chi connectivity index (χ3n) is 16.0. The van der Waals surface area contributed by atoms with Crippen LogP contribution < -0.4 is 0 Å². The second kappa shape index (κ2) is 65.2. The van der Waals surface area contributed by atoms with Crippen LogP contribution in [0.25, 0.3) is 0 Å². The number of rotatable bonds is 67. The van der Waals surface area contributed by atoms with Crippen LogP contribution in [-0.2, 0) is 32.7 Å². The zero-order valence-corrected chi connectivity index (χ0v) is 57.0. The van der Waals surface area contributed by atoms with Crippen molar-refractivity contribution < 1.29 is 42.1 Å². The summed E-state index contributed by atoms with van der Waals surface area (Å²) in [6.45, 7) is 4.34. The second-order valence-corrected chi connectivity index (χ2v) is 27.0. The lowest BCUT2D eigenvalue weighted by Gasteiger charge is -2.24. The number of likely N-dealkylation sites (N-methyl/N-ethyl adjacent to an activating group) is 1. The number of hydrogen-bond donors (Lipinski definition) is 1. The minimum Gasteiger partial charge on any atom is -0.462 e. The maximum Gasteiger partial charge on any atom is 0.472 e. The molecule has 0 aromatic carbocycles. The molecular formula is C74H139NO8P+. The molecule has 0 aliphatic rings. The number of hydrogen-bond acceptors (Lipinski definition) is 7. The van der Waals surface area contributed by atoms with Crippen molar-refractivity contribution in [2.24, 2.45) is 0 Å². The van der Waals surface area contributed by atoms with E-state index in [9.17, 15) is 19.0 Å². The van der Waals surface area contributed by atoms with E-state index in [-0.39, 0.29) is 32.0 Å². The standard InChI is InChI=1S/C74H138NO8P/c1-6-8-10-12-14-16-18-20-22-24-26-27-28-29-30-31-32-33-34-35-36-37-38-39-40-41-42-43-44-45-46-47-49-50-52-54-56-58-60-62-64-66-73(76)80-70-72(71-82-84(78,79)81-69-68-75(3,4)5)83-74(77)67-65-63-61-59-57-55-53-51-48-25-23-21-19-17-15-13-11-9-7-2/h9,11,15,17,21,23-24,26,48,51,72H,6-8,10,12-14,16,18-20,22,25,27-47,49-50,52-71H2,1-5H3/p+1/b11-9-,17-15-,23-21-,26-24-,51-48-. The highest BCUT2D eigenvalue weighted by molar-refractivity contribution is 7.47. The summed E-state index contributed by atoms with van der Waals surface area (Å²) in [7, 11) is 1.47. The van der Waals surface area contributed by atoms with Crippen LogP contribution in [0.5, 0.6) is 0 Å². The fourth-order valence-electron chi connectivity index (χ4n) is 10.5. The van der Waals surface area contributed by atoms with E-state index in [0.29, 0.717) is 17.4 Å². The molecule has 2 unspecified atom stereocenters. The van der Waals surface area contributed by atoms with E-state index in [1.54, 1.807) is 0 Å². The lowest BCUT2D eigenvalue weighted by molar-refractivity contribution is -0.870. The molecule has 1 N–H and O–H groups in total. The molecular weight excluding hydrogens is 1060 g/mol. The third-order valence-corrected chi connectivity index (χ3v) is 17.0. The summed E-state index contributed by atoms with van der Waals surface area (Å²) < 4.78 is 34.7.